The molecule has 2 aromatic heterocycles. The average Bonchev–Trinajstić information content (AvgIpc) is 3.89. The second-order valence-corrected chi connectivity index (χ2v) is 14.4. The quantitative estimate of drug-likeness (QED) is 0.294. The molecule has 8 fully saturated rings. The summed E-state index contributed by atoms with van der Waals surface area (Å²) in [4.78, 5) is 25.7. The molecule has 1 amide bonds. The van der Waals surface area contributed by atoms with Gasteiger partial charge in [0.05, 0.1) is 17.3 Å². The van der Waals surface area contributed by atoms with Gasteiger partial charge in [0.15, 0.2) is 17.5 Å². The van der Waals surface area contributed by atoms with Crippen LogP contribution in [0.3, 0.4) is 0 Å². The van der Waals surface area contributed by atoms with Crippen molar-refractivity contribution in [1.82, 2.24) is 9.97 Å². The van der Waals surface area contributed by atoms with Crippen LogP contribution in [0.4, 0.5) is 10.1 Å². The van der Waals surface area contributed by atoms with Gasteiger partial charge >= 0.3 is 0 Å². The van der Waals surface area contributed by atoms with Crippen LogP contribution in [0, 0.1) is 10.8 Å². The Labute approximate surface area is 233 Å². The van der Waals surface area contributed by atoms with E-state index in [1.807, 2.05) is 35.6 Å². The molecule has 8 aliphatic rings. The molecule has 0 spiro atoms. The lowest BCUT2D eigenvalue weighted by Gasteiger charge is -2.65. The van der Waals surface area contributed by atoms with Crippen LogP contribution in [0.15, 0.2) is 45.6 Å². The molecular weight excluding hydrogens is 505 g/mol. The van der Waals surface area contributed by atoms with Crippen LogP contribution in [0.5, 0.6) is 0 Å². The Kier molecular flexibility index (Phi) is 4.66. The molecule has 1 aromatic carbocycles. The Balaban J connectivity index is 0.997. The third kappa shape index (κ3) is 3.54. The third-order valence-electron chi connectivity index (χ3n) is 11.4. The number of benzene rings is 1. The van der Waals surface area contributed by atoms with E-state index in [9.17, 15) is 9.18 Å². The monoisotopic (exact) mass is 541 g/mol. The molecule has 11 rings (SSSR count). The van der Waals surface area contributed by atoms with Gasteiger partial charge in [-0.2, -0.15) is 0 Å². The molecule has 0 N–H and O–H groups in total. The average molecular weight is 542 g/mol. The van der Waals surface area contributed by atoms with Crippen molar-refractivity contribution in [3.63, 3.8) is 0 Å². The van der Waals surface area contributed by atoms with E-state index in [1.54, 1.807) is 0 Å². The van der Waals surface area contributed by atoms with Gasteiger partial charge in [0, 0.05) is 35.0 Å². The van der Waals surface area contributed by atoms with Crippen LogP contribution in [0.2, 0.25) is 0 Å². The number of amides is 1. The van der Waals surface area contributed by atoms with E-state index < -0.39 is 11.1 Å². The van der Waals surface area contributed by atoms with Crippen molar-refractivity contribution in [3.05, 3.63) is 54.2 Å². The Bertz CT molecular complexity index is 1470. The maximum absolute atomic E-state index is 14.6. The van der Waals surface area contributed by atoms with Crippen LogP contribution >= 0.6 is 0 Å². The highest BCUT2D eigenvalue weighted by Gasteiger charge is 2.73. The zero-order valence-corrected chi connectivity index (χ0v) is 23.0. The summed E-state index contributed by atoms with van der Waals surface area (Å²) in [6.07, 6.45) is 15.9. The van der Waals surface area contributed by atoms with Gasteiger partial charge in [0.1, 0.15) is 11.9 Å². The molecule has 0 radical (unpaired) electrons. The summed E-state index contributed by atoms with van der Waals surface area (Å²) in [5.41, 5.74) is 1.47. The van der Waals surface area contributed by atoms with Gasteiger partial charge in [0.25, 0.3) is 0 Å². The van der Waals surface area contributed by atoms with Crippen molar-refractivity contribution in [3.8, 4) is 11.3 Å². The van der Waals surface area contributed by atoms with E-state index in [2.05, 4.69) is 11.1 Å². The Morgan fingerprint density at radius 3 is 2.40 bits per heavy atom. The molecule has 3 aromatic rings. The molecule has 2 heterocycles. The summed E-state index contributed by atoms with van der Waals surface area (Å²) in [6.45, 7) is 0.690. The molecule has 8 saturated carbocycles. The number of halogens is 1. The fourth-order valence-corrected chi connectivity index (χ4v) is 8.48. The number of anilines is 1. The van der Waals surface area contributed by atoms with E-state index >= 15 is 0 Å². The van der Waals surface area contributed by atoms with Crippen LogP contribution < -0.4 is 4.90 Å². The minimum Gasteiger partial charge on any atom is -0.448 e. The Morgan fingerprint density at radius 1 is 1.00 bits per heavy atom. The van der Waals surface area contributed by atoms with Crippen LogP contribution in [0.25, 0.3) is 11.3 Å². The number of oxazole rings is 2. The summed E-state index contributed by atoms with van der Waals surface area (Å²) in [5.74, 6) is 3.68. The first-order valence-corrected chi connectivity index (χ1v) is 15.4. The van der Waals surface area contributed by atoms with E-state index in [0.717, 1.165) is 85.9 Å². The smallest absolute Gasteiger partial charge is 0.233 e. The number of aromatic nitrogens is 2. The fraction of sp³-hybridized carbons (Fsp3) is 0.606. The number of carbonyl (C=O) groups excluding carboxylic acids is 1. The van der Waals surface area contributed by atoms with Crippen molar-refractivity contribution in [2.75, 3.05) is 11.4 Å². The van der Waals surface area contributed by atoms with Gasteiger partial charge in [-0.05, 0) is 101 Å². The lowest BCUT2D eigenvalue weighted by molar-refractivity contribution is -0.211. The summed E-state index contributed by atoms with van der Waals surface area (Å²) in [7, 11) is 0. The van der Waals surface area contributed by atoms with Gasteiger partial charge in [-0.1, -0.05) is 12.1 Å². The first-order valence-electron chi connectivity index (χ1n) is 15.4. The minimum atomic E-state index is -1.11. The third-order valence-corrected chi connectivity index (χ3v) is 11.4. The molecule has 7 heteroatoms. The molecule has 6 nitrogen and oxygen atoms in total. The number of hydrogen-bond acceptors (Lipinski definition) is 5. The Morgan fingerprint density at radius 2 is 1.73 bits per heavy atom. The first kappa shape index (κ1) is 23.7. The molecule has 8 aliphatic carbocycles. The first-order chi connectivity index (χ1) is 19.4. The van der Waals surface area contributed by atoms with E-state index in [4.69, 9.17) is 13.8 Å². The van der Waals surface area contributed by atoms with Crippen LogP contribution in [-0.4, -0.2) is 28.1 Å². The second-order valence-electron chi connectivity index (χ2n) is 14.4. The Hall–Kier alpha value is -2.96. The van der Waals surface area contributed by atoms with Gasteiger partial charge in [-0.25, -0.2) is 14.4 Å². The maximum Gasteiger partial charge on any atom is 0.233 e. The topological polar surface area (TPSA) is 72.4 Å². The number of nitrogens with zero attached hydrogens (tertiary/aromatic N) is 3. The normalized spacial score (nSPS) is 35.7. The lowest BCUT2D eigenvalue weighted by Crippen LogP contribution is -2.71. The summed E-state index contributed by atoms with van der Waals surface area (Å²) in [5, 5.41) is 0. The fourth-order valence-electron chi connectivity index (χ4n) is 8.48. The second kappa shape index (κ2) is 7.86. The summed E-state index contributed by atoms with van der Waals surface area (Å²) < 4.78 is 26.7. The largest absolute Gasteiger partial charge is 0.448 e. The van der Waals surface area contributed by atoms with Crippen molar-refractivity contribution in [2.45, 2.75) is 106 Å². The molecule has 0 unspecified atom stereocenters. The van der Waals surface area contributed by atoms with E-state index in [0.29, 0.717) is 37.6 Å². The molecule has 0 saturated heterocycles. The highest BCUT2D eigenvalue weighted by Crippen LogP contribution is 2.70. The number of alkyl halides is 1. The van der Waals surface area contributed by atoms with Crippen LogP contribution in [0.1, 0.15) is 113 Å². The van der Waals surface area contributed by atoms with Gasteiger partial charge in [-0.15, -0.1) is 0 Å². The molecule has 4 bridgehead atoms. The zero-order valence-electron chi connectivity index (χ0n) is 23.0. The zero-order chi connectivity index (χ0) is 26.7. The van der Waals surface area contributed by atoms with Gasteiger partial charge in [0.2, 0.25) is 5.91 Å². The molecule has 0 atom stereocenters. The van der Waals surface area contributed by atoms with E-state index in [1.165, 1.54) is 12.8 Å². The summed E-state index contributed by atoms with van der Waals surface area (Å²) in [6, 6.07) is 8.15. The number of rotatable bonds is 8. The van der Waals surface area contributed by atoms with E-state index in [-0.39, 0.29) is 16.7 Å². The predicted octanol–water partition coefficient (Wildman–Crippen LogP) is 7.60. The number of carbonyl (C=O) groups is 1. The number of fused-ring (bicyclic) bond motifs is 3. The SMILES string of the molecule is O=C(N(CC12CCC(c3nc(C4CC4)co3)(CC1)CC2)c1cccc(-c2cnc(C3CC3)o2)c1)C12CC(F)(C1)C2. The van der Waals surface area contributed by atoms with Crippen LogP contribution in [-0.2, 0) is 10.2 Å². The predicted molar refractivity (Wildman–Crippen MR) is 147 cm³/mol. The number of hydrogen-bond donors (Lipinski definition) is 0. The van der Waals surface area contributed by atoms with Crippen molar-refractivity contribution < 1.29 is 18.0 Å². The minimum absolute atomic E-state index is 0.0453. The maximum atomic E-state index is 14.6. The standard InChI is InChI=1S/C33H36FN3O3/c34-33-17-32(18-33,19-33)29(38)37(24-3-1-2-23(14-24)26-15-35-27(40-26)22-6-7-22)20-30-8-11-31(12-9-30,13-10-30)28-36-25(16-39-28)21-4-5-21/h1-3,14-16,21-22H,4-13,17-20H2. The molecule has 208 valence electrons. The van der Waals surface area contributed by atoms with Crippen molar-refractivity contribution in [1.29, 1.82) is 0 Å². The van der Waals surface area contributed by atoms with Crippen molar-refractivity contribution >= 4 is 11.6 Å². The van der Waals surface area contributed by atoms with Gasteiger partial charge in [-0.3, -0.25) is 4.79 Å². The highest BCUT2D eigenvalue weighted by molar-refractivity contribution is 6.00. The molecule has 0 aliphatic heterocycles. The van der Waals surface area contributed by atoms with Crippen molar-refractivity contribution in [2.24, 2.45) is 10.8 Å². The molecular formula is C33H36FN3O3. The molecule has 40 heavy (non-hydrogen) atoms. The van der Waals surface area contributed by atoms with Gasteiger partial charge < -0.3 is 13.7 Å². The highest BCUT2D eigenvalue weighted by atomic mass is 19.1. The summed E-state index contributed by atoms with van der Waals surface area (Å²) >= 11 is 0. The lowest BCUT2D eigenvalue weighted by atomic mass is 9.41.